The van der Waals surface area contributed by atoms with Gasteiger partial charge in [0, 0.05) is 36.6 Å². The summed E-state index contributed by atoms with van der Waals surface area (Å²) in [5.74, 6) is -0.0298. The first-order valence-corrected chi connectivity index (χ1v) is 11.8. The van der Waals surface area contributed by atoms with E-state index in [1.807, 2.05) is 48.9 Å². The highest BCUT2D eigenvalue weighted by Crippen LogP contribution is 2.21. The summed E-state index contributed by atoms with van der Waals surface area (Å²) < 4.78 is 7.18. The first kappa shape index (κ1) is 25.4. The summed E-state index contributed by atoms with van der Waals surface area (Å²) >= 11 is 0. The topological polar surface area (TPSA) is 133 Å². The third-order valence-electron chi connectivity index (χ3n) is 5.83. The molecule has 3 N–H and O–H groups in total. The lowest BCUT2D eigenvalue weighted by Crippen LogP contribution is -2.33. The number of hydrogen-bond donors (Lipinski definition) is 3. The number of ether oxygens (including phenoxy) is 1. The molecule has 2 aromatic carbocycles. The summed E-state index contributed by atoms with van der Waals surface area (Å²) in [6.45, 7) is 2.75. The zero-order chi connectivity index (χ0) is 26.4. The van der Waals surface area contributed by atoms with E-state index in [-0.39, 0.29) is 24.8 Å². The van der Waals surface area contributed by atoms with Crippen molar-refractivity contribution in [2.45, 2.75) is 19.9 Å². The lowest BCUT2D eigenvalue weighted by atomic mass is 10.1. The largest absolute Gasteiger partial charge is 0.481 e. The number of rotatable bonds is 10. The van der Waals surface area contributed by atoms with Gasteiger partial charge in [0.25, 0.3) is 5.91 Å². The van der Waals surface area contributed by atoms with E-state index in [1.165, 1.54) is 4.90 Å². The Hall–Kier alpha value is -4.73. The lowest BCUT2D eigenvalue weighted by molar-refractivity contribution is -0.136. The van der Waals surface area contributed by atoms with Crippen LogP contribution in [0.4, 0.5) is 11.5 Å². The number of fused-ring (bicyclic) bond motifs is 1. The molecular weight excluding hydrogens is 472 g/mol. The Bertz CT molecular complexity index is 1420. The number of aromatic nitrogens is 3. The van der Waals surface area contributed by atoms with Crippen LogP contribution in [0.3, 0.4) is 0 Å². The van der Waals surface area contributed by atoms with Crippen molar-refractivity contribution in [3.05, 3.63) is 83.8 Å². The Balaban J connectivity index is 1.52. The summed E-state index contributed by atoms with van der Waals surface area (Å²) in [6, 6.07) is 17.8. The third-order valence-corrected chi connectivity index (χ3v) is 5.83. The van der Waals surface area contributed by atoms with Crippen molar-refractivity contribution in [3.63, 3.8) is 0 Å². The highest BCUT2D eigenvalue weighted by Gasteiger charge is 2.21. The van der Waals surface area contributed by atoms with Gasteiger partial charge < -0.3 is 19.7 Å². The molecule has 0 unspecified atom stereocenters. The van der Waals surface area contributed by atoms with Gasteiger partial charge in [-0.05, 0) is 61.5 Å². The number of aryl methyl sites for hydroxylation is 1. The van der Waals surface area contributed by atoms with Gasteiger partial charge in [0.15, 0.2) is 0 Å². The minimum absolute atomic E-state index is 0.00341. The van der Waals surface area contributed by atoms with Crippen LogP contribution >= 0.6 is 0 Å². The smallest absolute Gasteiger partial charge is 0.305 e. The van der Waals surface area contributed by atoms with Gasteiger partial charge in [-0.3, -0.25) is 19.9 Å². The maximum Gasteiger partial charge on any atom is 0.305 e. The fourth-order valence-electron chi connectivity index (χ4n) is 3.89. The van der Waals surface area contributed by atoms with Gasteiger partial charge in [-0.2, -0.15) is 0 Å². The van der Waals surface area contributed by atoms with Gasteiger partial charge in [0.1, 0.15) is 11.6 Å². The van der Waals surface area contributed by atoms with Crippen molar-refractivity contribution in [2.75, 3.05) is 23.4 Å². The van der Waals surface area contributed by atoms with Crippen LogP contribution in [0.15, 0.2) is 66.9 Å². The Morgan fingerprint density at radius 3 is 2.54 bits per heavy atom. The van der Waals surface area contributed by atoms with Crippen LogP contribution in [0.2, 0.25) is 0 Å². The molecule has 0 aliphatic carbocycles. The number of carbonyl (C=O) groups is 2. The number of nitrogens with one attached hydrogen (secondary N) is 2. The Labute approximate surface area is 214 Å². The number of carboxylic acid groups (broad SMARTS) is 1. The molecule has 4 aromatic rings. The number of aliphatic carboxylic acids is 1. The number of nitrogens with zero attached hydrogens (tertiary/aromatic N) is 4. The van der Waals surface area contributed by atoms with Crippen molar-refractivity contribution < 1.29 is 19.4 Å². The summed E-state index contributed by atoms with van der Waals surface area (Å²) in [7, 11) is 1.91. The molecule has 0 fully saturated rings. The second-order valence-electron chi connectivity index (χ2n) is 8.27. The summed E-state index contributed by atoms with van der Waals surface area (Å²) in [5, 5.41) is 20.3. The van der Waals surface area contributed by atoms with Crippen LogP contribution in [0.1, 0.15) is 35.1 Å². The van der Waals surface area contributed by atoms with E-state index in [2.05, 4.69) is 10.3 Å². The fraction of sp³-hybridized carbons (Fsp3) is 0.222. The second kappa shape index (κ2) is 11.3. The number of benzene rings is 2. The number of carbonyl (C=O) groups excluding carboxylic acids is 1. The molecule has 0 bridgehead atoms. The van der Waals surface area contributed by atoms with E-state index in [1.54, 1.807) is 36.5 Å². The summed E-state index contributed by atoms with van der Waals surface area (Å²) in [4.78, 5) is 34.8. The third kappa shape index (κ3) is 5.92. The highest BCUT2D eigenvalue weighted by atomic mass is 16.5. The monoisotopic (exact) mass is 500 g/mol. The molecule has 0 atom stereocenters. The minimum Gasteiger partial charge on any atom is -0.481 e. The minimum atomic E-state index is -0.992. The number of hydrogen-bond acceptors (Lipinski definition) is 7. The number of amides is 1. The van der Waals surface area contributed by atoms with E-state index in [0.717, 1.165) is 17.0 Å². The molecular formula is C27H28N6O4. The molecule has 0 aliphatic heterocycles. The molecule has 2 aromatic heterocycles. The zero-order valence-electron chi connectivity index (χ0n) is 20.6. The van der Waals surface area contributed by atoms with Crippen molar-refractivity contribution in [1.82, 2.24) is 14.5 Å². The molecule has 0 saturated carbocycles. The maximum absolute atomic E-state index is 13.3. The van der Waals surface area contributed by atoms with E-state index >= 15 is 0 Å². The Morgan fingerprint density at radius 1 is 1.11 bits per heavy atom. The van der Waals surface area contributed by atoms with Crippen molar-refractivity contribution in [2.24, 2.45) is 7.05 Å². The molecule has 4 rings (SSSR count). The van der Waals surface area contributed by atoms with Gasteiger partial charge in [0.05, 0.1) is 30.6 Å². The molecule has 37 heavy (non-hydrogen) atoms. The number of pyridine rings is 1. The second-order valence-corrected chi connectivity index (χ2v) is 8.27. The van der Waals surface area contributed by atoms with Crippen molar-refractivity contribution >= 4 is 40.3 Å². The van der Waals surface area contributed by atoms with Crippen LogP contribution in [0.25, 0.3) is 11.0 Å². The standard InChI is InChI=1S/C27H28N6O4/c1-3-37-26(28)18-7-10-20(11-8-18)30-17-24-31-21-16-19(9-12-22(21)32(24)2)27(36)33(15-13-25(34)35)23-6-4-5-14-29-23/h4-12,14,16,28,30H,3,13,15,17H2,1-2H3,(H,34,35). The number of carboxylic acids is 1. The van der Waals surface area contributed by atoms with Crippen LogP contribution in [-0.4, -0.2) is 50.6 Å². The van der Waals surface area contributed by atoms with E-state index in [0.29, 0.717) is 35.6 Å². The van der Waals surface area contributed by atoms with Gasteiger partial charge in [0.2, 0.25) is 5.90 Å². The molecule has 2 heterocycles. The van der Waals surface area contributed by atoms with E-state index in [9.17, 15) is 9.59 Å². The molecule has 0 spiro atoms. The molecule has 1 amide bonds. The van der Waals surface area contributed by atoms with Crippen molar-refractivity contribution in [1.29, 1.82) is 5.41 Å². The summed E-state index contributed by atoms with van der Waals surface area (Å²) in [6.07, 6.45) is 1.37. The van der Waals surface area contributed by atoms with Crippen LogP contribution in [0, 0.1) is 5.41 Å². The molecule has 0 radical (unpaired) electrons. The fourth-order valence-corrected chi connectivity index (χ4v) is 3.89. The van der Waals surface area contributed by atoms with Gasteiger partial charge in [-0.25, -0.2) is 9.97 Å². The number of anilines is 2. The Morgan fingerprint density at radius 2 is 1.86 bits per heavy atom. The van der Waals surface area contributed by atoms with Gasteiger partial charge >= 0.3 is 5.97 Å². The lowest BCUT2D eigenvalue weighted by Gasteiger charge is -2.21. The quantitative estimate of drug-likeness (QED) is 0.221. The average Bonchev–Trinajstić information content (AvgIpc) is 3.23. The molecule has 0 saturated heterocycles. The maximum atomic E-state index is 13.3. The predicted molar refractivity (Wildman–Crippen MR) is 141 cm³/mol. The first-order valence-electron chi connectivity index (χ1n) is 11.8. The van der Waals surface area contributed by atoms with E-state index in [4.69, 9.17) is 20.2 Å². The van der Waals surface area contributed by atoms with Crippen molar-refractivity contribution in [3.8, 4) is 0 Å². The predicted octanol–water partition coefficient (Wildman–Crippen LogP) is 4.06. The SMILES string of the molecule is CCOC(=N)c1ccc(NCc2nc3cc(C(=O)N(CCC(=O)O)c4ccccn4)ccc3n2C)cc1. The van der Waals surface area contributed by atoms with Crippen LogP contribution in [-0.2, 0) is 23.1 Å². The van der Waals surface area contributed by atoms with Crippen LogP contribution in [0.5, 0.6) is 0 Å². The molecule has 10 nitrogen and oxygen atoms in total. The number of imidazole rings is 1. The van der Waals surface area contributed by atoms with E-state index < -0.39 is 5.97 Å². The molecule has 10 heteroatoms. The Kier molecular flexibility index (Phi) is 7.77. The normalized spacial score (nSPS) is 10.8. The summed E-state index contributed by atoms with van der Waals surface area (Å²) in [5.41, 5.74) is 3.50. The highest BCUT2D eigenvalue weighted by molar-refractivity contribution is 6.07. The molecule has 0 aliphatic rings. The average molecular weight is 501 g/mol. The van der Waals surface area contributed by atoms with Crippen LogP contribution < -0.4 is 10.2 Å². The zero-order valence-corrected chi connectivity index (χ0v) is 20.6. The van der Waals surface area contributed by atoms with Gasteiger partial charge in [-0.15, -0.1) is 0 Å². The first-order chi connectivity index (χ1) is 17.9. The van der Waals surface area contributed by atoms with Gasteiger partial charge in [-0.1, -0.05) is 6.07 Å². The molecule has 190 valence electrons.